The first kappa shape index (κ1) is 12.7. The molecule has 6 nitrogen and oxygen atoms in total. The molecule has 1 aromatic heterocycles. The Balaban J connectivity index is 1.81. The van der Waals surface area contributed by atoms with Gasteiger partial charge in [-0.2, -0.15) is 4.98 Å². The third-order valence-electron chi connectivity index (χ3n) is 3.13. The molecule has 2 heterocycles. The van der Waals surface area contributed by atoms with Gasteiger partial charge in [0.15, 0.2) is 6.10 Å². The molecule has 1 saturated heterocycles. The van der Waals surface area contributed by atoms with Crippen LogP contribution in [0.5, 0.6) is 0 Å². The Kier molecular flexibility index (Phi) is 3.19. The van der Waals surface area contributed by atoms with Gasteiger partial charge in [-0.3, -0.25) is 0 Å². The van der Waals surface area contributed by atoms with Gasteiger partial charge in [0.2, 0.25) is 5.82 Å². The molecule has 1 aliphatic heterocycles. The first-order valence-corrected chi connectivity index (χ1v) is 6.12. The normalized spacial score (nSPS) is 22.1. The number of hydrogen-bond acceptors (Lipinski definition) is 5. The van der Waals surface area contributed by atoms with E-state index in [0.717, 1.165) is 0 Å². The van der Waals surface area contributed by atoms with Crippen LogP contribution in [0, 0.1) is 5.82 Å². The van der Waals surface area contributed by atoms with Gasteiger partial charge in [-0.1, -0.05) is 17.3 Å². The van der Waals surface area contributed by atoms with Gasteiger partial charge in [0, 0.05) is 0 Å². The molecule has 20 heavy (non-hydrogen) atoms. The number of nitrogens with zero attached hydrogens (tertiary/aromatic N) is 2. The molecule has 1 fully saturated rings. The first-order valence-electron chi connectivity index (χ1n) is 6.12. The van der Waals surface area contributed by atoms with E-state index in [0.29, 0.717) is 12.8 Å². The molecule has 2 aromatic rings. The van der Waals surface area contributed by atoms with Crippen molar-refractivity contribution in [3.05, 3.63) is 36.0 Å². The quantitative estimate of drug-likeness (QED) is 0.926. The fourth-order valence-electron chi connectivity index (χ4n) is 2.12. The Morgan fingerprint density at radius 3 is 2.85 bits per heavy atom. The van der Waals surface area contributed by atoms with Gasteiger partial charge in [-0.15, -0.1) is 0 Å². The zero-order chi connectivity index (χ0) is 14.1. The number of rotatable bonds is 3. The van der Waals surface area contributed by atoms with E-state index >= 15 is 0 Å². The lowest BCUT2D eigenvalue weighted by Crippen LogP contribution is -2.18. The predicted molar refractivity (Wildman–Crippen MR) is 64.2 cm³/mol. The molecular formula is C13H11FN2O4. The van der Waals surface area contributed by atoms with Crippen LogP contribution in [-0.4, -0.2) is 27.3 Å². The largest absolute Gasteiger partial charge is 0.479 e. The molecule has 1 aromatic carbocycles. The molecule has 0 radical (unpaired) electrons. The molecule has 1 N–H and O–H groups in total. The van der Waals surface area contributed by atoms with Crippen molar-refractivity contribution in [2.24, 2.45) is 0 Å². The zero-order valence-electron chi connectivity index (χ0n) is 10.3. The second-order valence-corrected chi connectivity index (χ2v) is 4.47. The molecule has 2 atom stereocenters. The Morgan fingerprint density at radius 2 is 2.15 bits per heavy atom. The smallest absolute Gasteiger partial charge is 0.332 e. The maximum Gasteiger partial charge on any atom is 0.332 e. The molecule has 0 spiro atoms. The Hall–Kier alpha value is -2.28. The molecule has 3 rings (SSSR count). The number of hydrogen-bond donors (Lipinski definition) is 1. The molecule has 0 saturated carbocycles. The standard InChI is InChI=1S/C13H11FN2O4/c14-8-4-2-1-3-7(8)11-15-12(20-16-11)9-5-6-10(19-9)13(17)18/h1-4,9-10H,5-6H2,(H,17,18). The van der Waals surface area contributed by atoms with Crippen LogP contribution in [0.15, 0.2) is 28.8 Å². The molecular weight excluding hydrogens is 267 g/mol. The topological polar surface area (TPSA) is 85.5 Å². The summed E-state index contributed by atoms with van der Waals surface area (Å²) in [4.78, 5) is 14.9. The minimum Gasteiger partial charge on any atom is -0.479 e. The molecule has 0 bridgehead atoms. The molecule has 2 unspecified atom stereocenters. The maximum absolute atomic E-state index is 13.6. The summed E-state index contributed by atoms with van der Waals surface area (Å²) in [5.74, 6) is -1.16. The van der Waals surface area contributed by atoms with Crippen LogP contribution < -0.4 is 0 Å². The van der Waals surface area contributed by atoms with Gasteiger partial charge in [0.05, 0.1) is 5.56 Å². The lowest BCUT2D eigenvalue weighted by molar-refractivity contribution is -0.150. The minimum absolute atomic E-state index is 0.125. The Bertz CT molecular complexity index is 643. The Labute approximate surface area is 113 Å². The average molecular weight is 278 g/mol. The molecule has 7 heteroatoms. The van der Waals surface area contributed by atoms with Gasteiger partial charge in [-0.25, -0.2) is 9.18 Å². The summed E-state index contributed by atoms with van der Waals surface area (Å²) < 4.78 is 23.9. The van der Waals surface area contributed by atoms with E-state index in [9.17, 15) is 9.18 Å². The van der Waals surface area contributed by atoms with Crippen LogP contribution in [-0.2, 0) is 9.53 Å². The number of benzene rings is 1. The van der Waals surface area contributed by atoms with E-state index in [-0.39, 0.29) is 17.3 Å². The van der Waals surface area contributed by atoms with Crippen molar-refractivity contribution in [2.75, 3.05) is 0 Å². The van der Waals surface area contributed by atoms with Crippen molar-refractivity contribution in [1.29, 1.82) is 0 Å². The molecule has 0 amide bonds. The summed E-state index contributed by atoms with van der Waals surface area (Å²) in [7, 11) is 0. The lowest BCUT2D eigenvalue weighted by atomic mass is 10.2. The third kappa shape index (κ3) is 2.27. The number of halogens is 1. The van der Waals surface area contributed by atoms with Gasteiger partial charge in [0.25, 0.3) is 5.89 Å². The summed E-state index contributed by atoms with van der Waals surface area (Å²) >= 11 is 0. The number of ether oxygens (including phenoxy) is 1. The second kappa shape index (κ2) is 5.01. The zero-order valence-corrected chi connectivity index (χ0v) is 10.3. The highest BCUT2D eigenvalue weighted by Crippen LogP contribution is 2.33. The first-order chi connectivity index (χ1) is 9.65. The highest BCUT2D eigenvalue weighted by molar-refractivity contribution is 5.72. The Morgan fingerprint density at radius 1 is 1.35 bits per heavy atom. The monoisotopic (exact) mass is 278 g/mol. The van der Waals surface area contributed by atoms with E-state index in [2.05, 4.69) is 10.1 Å². The van der Waals surface area contributed by atoms with Crippen LogP contribution in [0.2, 0.25) is 0 Å². The van der Waals surface area contributed by atoms with Gasteiger partial charge >= 0.3 is 5.97 Å². The van der Waals surface area contributed by atoms with Crippen molar-refractivity contribution in [3.63, 3.8) is 0 Å². The van der Waals surface area contributed by atoms with Crippen LogP contribution in [0.4, 0.5) is 4.39 Å². The molecule has 1 aliphatic rings. The van der Waals surface area contributed by atoms with Crippen molar-refractivity contribution >= 4 is 5.97 Å². The third-order valence-corrected chi connectivity index (χ3v) is 3.13. The van der Waals surface area contributed by atoms with Gasteiger partial charge in [-0.05, 0) is 25.0 Å². The lowest BCUT2D eigenvalue weighted by Gasteiger charge is -2.05. The van der Waals surface area contributed by atoms with E-state index < -0.39 is 24.0 Å². The summed E-state index contributed by atoms with van der Waals surface area (Å²) in [5, 5.41) is 12.6. The summed E-state index contributed by atoms with van der Waals surface area (Å²) in [6.45, 7) is 0. The van der Waals surface area contributed by atoms with Gasteiger partial charge < -0.3 is 14.4 Å². The number of carboxylic acid groups (broad SMARTS) is 1. The number of aromatic nitrogens is 2. The van der Waals surface area contributed by atoms with E-state index in [4.69, 9.17) is 14.4 Å². The summed E-state index contributed by atoms with van der Waals surface area (Å²) in [5.41, 5.74) is 0.232. The van der Waals surface area contributed by atoms with Crippen LogP contribution in [0.25, 0.3) is 11.4 Å². The minimum atomic E-state index is -1.01. The highest BCUT2D eigenvalue weighted by atomic mass is 19.1. The SMILES string of the molecule is O=C(O)C1CCC(c2nc(-c3ccccc3F)no2)O1. The van der Waals surface area contributed by atoms with Crippen LogP contribution in [0.1, 0.15) is 24.8 Å². The van der Waals surface area contributed by atoms with E-state index in [1.807, 2.05) is 0 Å². The second-order valence-electron chi connectivity index (χ2n) is 4.47. The van der Waals surface area contributed by atoms with E-state index in [1.165, 1.54) is 6.07 Å². The fraction of sp³-hybridized carbons (Fsp3) is 0.308. The van der Waals surface area contributed by atoms with Crippen LogP contribution in [0.3, 0.4) is 0 Å². The number of aliphatic carboxylic acids is 1. The van der Waals surface area contributed by atoms with Crippen molar-refractivity contribution in [2.45, 2.75) is 25.0 Å². The maximum atomic E-state index is 13.6. The number of carboxylic acids is 1. The molecule has 104 valence electrons. The summed E-state index contributed by atoms with van der Waals surface area (Å²) in [6, 6.07) is 6.08. The number of carbonyl (C=O) groups is 1. The van der Waals surface area contributed by atoms with Gasteiger partial charge in [0.1, 0.15) is 11.9 Å². The fourth-order valence-corrected chi connectivity index (χ4v) is 2.12. The predicted octanol–water partition coefficient (Wildman–Crippen LogP) is 2.18. The van der Waals surface area contributed by atoms with E-state index in [1.54, 1.807) is 18.2 Å². The molecule has 0 aliphatic carbocycles. The average Bonchev–Trinajstić information content (AvgIpc) is 3.08. The van der Waals surface area contributed by atoms with Crippen molar-refractivity contribution in [1.82, 2.24) is 10.1 Å². The van der Waals surface area contributed by atoms with Crippen LogP contribution >= 0.6 is 0 Å². The highest BCUT2D eigenvalue weighted by Gasteiger charge is 2.34. The van der Waals surface area contributed by atoms with Crippen molar-refractivity contribution < 1.29 is 23.6 Å². The summed E-state index contributed by atoms with van der Waals surface area (Å²) in [6.07, 6.45) is -0.541. The van der Waals surface area contributed by atoms with Crippen molar-refractivity contribution in [3.8, 4) is 11.4 Å².